The Balaban J connectivity index is 1.66. The minimum absolute atomic E-state index is 0.155. The third-order valence-electron chi connectivity index (χ3n) is 6.00. The van der Waals surface area contributed by atoms with Crippen molar-refractivity contribution in [2.45, 2.75) is 6.54 Å². The first-order valence-electron chi connectivity index (χ1n) is 10.7. The molecule has 170 valence electrons. The number of hydrogen-bond acceptors (Lipinski definition) is 6. The second kappa shape index (κ2) is 8.47. The molecule has 2 heterocycles. The SMILES string of the molecule is COc1ccc2c3c(n(CCNC(=O)c4ccncc4)c(=O)c2c1OC)-c1ccccc1C3=O. The van der Waals surface area contributed by atoms with E-state index in [1.807, 2.05) is 12.1 Å². The van der Waals surface area contributed by atoms with Gasteiger partial charge < -0.3 is 19.4 Å². The molecule has 0 aliphatic heterocycles. The number of benzene rings is 2. The van der Waals surface area contributed by atoms with Gasteiger partial charge in [0.1, 0.15) is 0 Å². The third kappa shape index (κ3) is 3.23. The minimum Gasteiger partial charge on any atom is -0.493 e. The smallest absolute Gasteiger partial charge is 0.262 e. The molecular formula is C26H21N3O5. The number of carbonyl (C=O) groups is 2. The molecule has 0 atom stereocenters. The van der Waals surface area contributed by atoms with Gasteiger partial charge in [-0.25, -0.2) is 0 Å². The Morgan fingerprint density at radius 1 is 0.971 bits per heavy atom. The molecule has 1 N–H and O–H groups in total. The molecule has 1 aliphatic rings. The molecule has 0 fully saturated rings. The average molecular weight is 455 g/mol. The number of carbonyl (C=O) groups excluding carboxylic acids is 2. The van der Waals surface area contributed by atoms with Gasteiger partial charge in [-0.3, -0.25) is 19.4 Å². The van der Waals surface area contributed by atoms with E-state index in [9.17, 15) is 14.4 Å². The number of nitrogens with zero attached hydrogens (tertiary/aromatic N) is 2. The summed E-state index contributed by atoms with van der Waals surface area (Å²) in [4.78, 5) is 43.6. The zero-order chi connectivity index (χ0) is 23.8. The normalized spacial score (nSPS) is 11.8. The van der Waals surface area contributed by atoms with E-state index in [4.69, 9.17) is 9.47 Å². The molecule has 2 aromatic heterocycles. The molecule has 1 amide bonds. The Morgan fingerprint density at radius 2 is 1.71 bits per heavy atom. The molecule has 5 rings (SSSR count). The lowest BCUT2D eigenvalue weighted by Gasteiger charge is -2.18. The summed E-state index contributed by atoms with van der Waals surface area (Å²) >= 11 is 0. The lowest BCUT2D eigenvalue weighted by molar-refractivity contribution is 0.0951. The zero-order valence-electron chi connectivity index (χ0n) is 18.6. The van der Waals surface area contributed by atoms with Crippen LogP contribution < -0.4 is 20.3 Å². The molecule has 0 saturated heterocycles. The highest BCUT2D eigenvalue weighted by atomic mass is 16.5. The van der Waals surface area contributed by atoms with Crippen LogP contribution in [0.2, 0.25) is 0 Å². The van der Waals surface area contributed by atoms with Crippen molar-refractivity contribution in [1.29, 1.82) is 0 Å². The Labute approximate surface area is 194 Å². The van der Waals surface area contributed by atoms with Crippen LogP contribution in [0.4, 0.5) is 0 Å². The molecule has 2 aromatic carbocycles. The Bertz CT molecular complexity index is 1510. The predicted molar refractivity (Wildman–Crippen MR) is 127 cm³/mol. The van der Waals surface area contributed by atoms with Crippen LogP contribution in [0.5, 0.6) is 11.5 Å². The van der Waals surface area contributed by atoms with Crippen LogP contribution in [0.3, 0.4) is 0 Å². The molecule has 0 spiro atoms. The Kier molecular flexibility index (Phi) is 5.33. The zero-order valence-corrected chi connectivity index (χ0v) is 18.6. The highest BCUT2D eigenvalue weighted by molar-refractivity contribution is 6.27. The summed E-state index contributed by atoms with van der Waals surface area (Å²) in [5.41, 5.74) is 2.36. The van der Waals surface area contributed by atoms with Crippen LogP contribution in [0.15, 0.2) is 65.7 Å². The van der Waals surface area contributed by atoms with Crippen molar-refractivity contribution in [3.63, 3.8) is 0 Å². The van der Waals surface area contributed by atoms with Gasteiger partial charge in [0, 0.05) is 47.6 Å². The largest absolute Gasteiger partial charge is 0.493 e. The quantitative estimate of drug-likeness (QED) is 0.423. The van der Waals surface area contributed by atoms with Gasteiger partial charge in [-0.05, 0) is 24.3 Å². The Morgan fingerprint density at radius 3 is 2.41 bits per heavy atom. The van der Waals surface area contributed by atoms with Crippen molar-refractivity contribution in [2.75, 3.05) is 20.8 Å². The number of nitrogens with one attached hydrogen (secondary N) is 1. The topological polar surface area (TPSA) is 99.5 Å². The summed E-state index contributed by atoms with van der Waals surface area (Å²) < 4.78 is 12.5. The van der Waals surface area contributed by atoms with Crippen molar-refractivity contribution >= 4 is 22.5 Å². The highest BCUT2D eigenvalue weighted by Gasteiger charge is 2.33. The molecular weight excluding hydrogens is 434 g/mol. The van der Waals surface area contributed by atoms with Crippen LogP contribution in [0.25, 0.3) is 22.0 Å². The maximum absolute atomic E-state index is 13.8. The van der Waals surface area contributed by atoms with Gasteiger partial charge in [0.25, 0.3) is 11.5 Å². The van der Waals surface area contributed by atoms with Gasteiger partial charge in [0.2, 0.25) is 0 Å². The number of aromatic nitrogens is 2. The fourth-order valence-corrected chi connectivity index (χ4v) is 4.48. The maximum atomic E-state index is 13.8. The van der Waals surface area contributed by atoms with Crippen LogP contribution in [-0.2, 0) is 6.54 Å². The maximum Gasteiger partial charge on any atom is 0.262 e. The number of pyridine rings is 2. The van der Waals surface area contributed by atoms with Crippen molar-refractivity contribution in [2.24, 2.45) is 0 Å². The number of amides is 1. The lowest BCUT2D eigenvalue weighted by atomic mass is 10.0. The van der Waals surface area contributed by atoms with E-state index >= 15 is 0 Å². The van der Waals surface area contributed by atoms with Crippen molar-refractivity contribution in [3.8, 4) is 22.8 Å². The monoisotopic (exact) mass is 455 g/mol. The number of hydrogen-bond donors (Lipinski definition) is 1. The first-order valence-corrected chi connectivity index (χ1v) is 10.7. The second-order valence-electron chi connectivity index (χ2n) is 7.77. The van der Waals surface area contributed by atoms with Gasteiger partial charge in [0.15, 0.2) is 17.3 Å². The molecule has 1 aliphatic carbocycles. The molecule has 0 saturated carbocycles. The second-order valence-corrected chi connectivity index (χ2v) is 7.77. The van der Waals surface area contributed by atoms with E-state index in [-0.39, 0.29) is 41.5 Å². The summed E-state index contributed by atoms with van der Waals surface area (Å²) in [6.07, 6.45) is 3.08. The molecule has 34 heavy (non-hydrogen) atoms. The first kappa shape index (κ1) is 21.4. The molecule has 0 radical (unpaired) electrons. The van der Waals surface area contributed by atoms with E-state index in [1.165, 1.54) is 31.2 Å². The lowest BCUT2D eigenvalue weighted by Crippen LogP contribution is -2.32. The fourth-order valence-electron chi connectivity index (χ4n) is 4.48. The number of methoxy groups -OCH3 is 2. The minimum atomic E-state index is -0.327. The summed E-state index contributed by atoms with van der Waals surface area (Å²) in [7, 11) is 2.95. The predicted octanol–water partition coefficient (Wildman–Crippen LogP) is 3.06. The van der Waals surface area contributed by atoms with Crippen molar-refractivity contribution < 1.29 is 19.1 Å². The van der Waals surface area contributed by atoms with E-state index in [1.54, 1.807) is 36.4 Å². The van der Waals surface area contributed by atoms with Gasteiger partial charge in [0.05, 0.1) is 30.9 Å². The van der Waals surface area contributed by atoms with Crippen molar-refractivity contribution in [3.05, 3.63) is 88.0 Å². The summed E-state index contributed by atoms with van der Waals surface area (Å²) in [6, 6.07) is 13.8. The van der Waals surface area contributed by atoms with Gasteiger partial charge in [-0.15, -0.1) is 0 Å². The van der Waals surface area contributed by atoms with Crippen LogP contribution in [-0.4, -0.2) is 42.0 Å². The van der Waals surface area contributed by atoms with E-state index in [2.05, 4.69) is 10.3 Å². The van der Waals surface area contributed by atoms with E-state index < -0.39 is 0 Å². The number of ether oxygens (including phenoxy) is 2. The van der Waals surface area contributed by atoms with Crippen LogP contribution >= 0.6 is 0 Å². The molecule has 0 unspecified atom stereocenters. The average Bonchev–Trinajstić information content (AvgIpc) is 3.18. The molecule has 8 nitrogen and oxygen atoms in total. The van der Waals surface area contributed by atoms with Gasteiger partial charge in [-0.2, -0.15) is 0 Å². The van der Waals surface area contributed by atoms with Crippen LogP contribution in [0.1, 0.15) is 26.3 Å². The first-order chi connectivity index (χ1) is 16.6. The van der Waals surface area contributed by atoms with Crippen molar-refractivity contribution in [1.82, 2.24) is 14.9 Å². The summed E-state index contributed by atoms with van der Waals surface area (Å²) in [6.45, 7) is 0.345. The molecule has 0 bridgehead atoms. The van der Waals surface area contributed by atoms with E-state index in [0.717, 1.165) is 0 Å². The Hall–Kier alpha value is -4.46. The third-order valence-corrected chi connectivity index (χ3v) is 6.00. The molecule has 4 aromatic rings. The standard InChI is InChI=1S/C26H21N3O5/c1-33-19-8-7-18-20-22(16-5-3-4-6-17(16)23(20)30)29(26(32)21(18)24(19)34-2)14-13-28-25(31)15-9-11-27-12-10-15/h3-12H,13-14H2,1-2H3,(H,28,31). The fraction of sp³-hybridized carbons (Fsp3) is 0.154. The summed E-state index contributed by atoms with van der Waals surface area (Å²) in [5, 5.41) is 3.61. The summed E-state index contributed by atoms with van der Waals surface area (Å²) in [5.74, 6) is 0.236. The number of fused-ring (bicyclic) bond motifs is 5. The van der Waals surface area contributed by atoms with Crippen LogP contribution in [0, 0.1) is 0 Å². The van der Waals surface area contributed by atoms with E-state index in [0.29, 0.717) is 39.1 Å². The van der Waals surface area contributed by atoms with Gasteiger partial charge in [-0.1, -0.05) is 24.3 Å². The highest BCUT2D eigenvalue weighted by Crippen LogP contribution is 2.42. The van der Waals surface area contributed by atoms with Gasteiger partial charge >= 0.3 is 0 Å². The molecule has 8 heteroatoms. The number of rotatable bonds is 6. The number of ketones is 1.